The van der Waals surface area contributed by atoms with E-state index in [0.29, 0.717) is 35.4 Å². The second kappa shape index (κ2) is 6.93. The lowest BCUT2D eigenvalue weighted by molar-refractivity contribution is 0.0780. The average molecular weight is 327 g/mol. The highest BCUT2D eigenvalue weighted by Crippen LogP contribution is 2.26. The van der Waals surface area contributed by atoms with Crippen LogP contribution in [-0.2, 0) is 13.1 Å². The van der Waals surface area contributed by atoms with E-state index in [-0.39, 0.29) is 5.91 Å². The number of rotatable bonds is 5. The molecule has 1 aromatic heterocycles. The summed E-state index contributed by atoms with van der Waals surface area (Å²) in [6.45, 7) is 1.49. The highest BCUT2D eigenvalue weighted by molar-refractivity contribution is 6.42. The maximum absolute atomic E-state index is 12.3. The average Bonchev–Trinajstić information content (AvgIpc) is 2.92. The zero-order chi connectivity index (χ0) is 15.4. The number of amides is 1. The number of hydrogen-bond acceptors (Lipinski definition) is 3. The van der Waals surface area contributed by atoms with E-state index < -0.39 is 0 Å². The second-order valence-electron chi connectivity index (χ2n) is 4.66. The second-order valence-corrected chi connectivity index (χ2v) is 5.44. The Bertz CT molecular complexity index is 642. The molecule has 0 aliphatic rings. The van der Waals surface area contributed by atoms with Crippen molar-refractivity contribution < 1.29 is 4.79 Å². The molecule has 0 aliphatic carbocycles. The number of hydrogen-bond donors (Lipinski definition) is 1. The van der Waals surface area contributed by atoms with E-state index in [1.165, 1.54) is 0 Å². The van der Waals surface area contributed by atoms with Gasteiger partial charge in [0.15, 0.2) is 0 Å². The van der Waals surface area contributed by atoms with Crippen LogP contribution in [0.15, 0.2) is 30.7 Å². The Labute approximate surface area is 133 Å². The van der Waals surface area contributed by atoms with Crippen LogP contribution in [-0.4, -0.2) is 34.0 Å². The maximum Gasteiger partial charge on any atom is 0.274 e. The number of carbonyl (C=O) groups excluding carboxylic acids is 1. The van der Waals surface area contributed by atoms with Crippen molar-refractivity contribution >= 4 is 29.1 Å². The van der Waals surface area contributed by atoms with Gasteiger partial charge >= 0.3 is 0 Å². The number of carbonyl (C=O) groups is 1. The van der Waals surface area contributed by atoms with Crippen molar-refractivity contribution in [2.24, 2.45) is 5.73 Å². The lowest BCUT2D eigenvalue weighted by Gasteiger charge is -2.17. The Morgan fingerprint density at radius 3 is 2.90 bits per heavy atom. The molecule has 0 spiro atoms. The minimum Gasteiger partial charge on any atom is -0.336 e. The number of imidazole rings is 1. The Kier molecular flexibility index (Phi) is 5.22. The van der Waals surface area contributed by atoms with Crippen LogP contribution in [0.2, 0.25) is 10.0 Å². The molecule has 0 bridgehead atoms. The standard InChI is InChI=1S/C14H16Cl2N4O/c1-19(7-10-3-2-4-11(15)13(10)16)14(21)12-8-20(6-5-17)9-18-12/h2-4,8-9H,5-7,17H2,1H3. The lowest BCUT2D eigenvalue weighted by atomic mass is 10.2. The van der Waals surface area contributed by atoms with E-state index in [4.69, 9.17) is 28.9 Å². The first-order valence-electron chi connectivity index (χ1n) is 6.43. The molecular weight excluding hydrogens is 311 g/mol. The molecule has 0 fully saturated rings. The number of nitrogens with two attached hydrogens (primary N) is 1. The molecule has 0 aliphatic heterocycles. The zero-order valence-corrected chi connectivity index (χ0v) is 13.1. The summed E-state index contributed by atoms with van der Waals surface area (Å²) in [5.74, 6) is -0.179. The number of aromatic nitrogens is 2. The number of benzene rings is 1. The molecule has 7 heteroatoms. The topological polar surface area (TPSA) is 64.2 Å². The van der Waals surface area contributed by atoms with E-state index >= 15 is 0 Å². The smallest absolute Gasteiger partial charge is 0.274 e. The molecule has 1 aromatic carbocycles. The van der Waals surface area contributed by atoms with Crippen molar-refractivity contribution in [3.8, 4) is 0 Å². The predicted octanol–water partition coefficient (Wildman–Crippen LogP) is 2.42. The van der Waals surface area contributed by atoms with Crippen molar-refractivity contribution in [3.63, 3.8) is 0 Å². The first kappa shape index (κ1) is 15.8. The first-order valence-corrected chi connectivity index (χ1v) is 7.18. The highest BCUT2D eigenvalue weighted by Gasteiger charge is 2.16. The van der Waals surface area contributed by atoms with Crippen LogP contribution < -0.4 is 5.73 Å². The Morgan fingerprint density at radius 2 is 2.19 bits per heavy atom. The largest absolute Gasteiger partial charge is 0.336 e. The van der Waals surface area contributed by atoms with E-state index in [1.807, 2.05) is 6.07 Å². The minimum absolute atomic E-state index is 0.179. The molecule has 0 saturated heterocycles. The predicted molar refractivity (Wildman–Crippen MR) is 83.5 cm³/mol. The van der Waals surface area contributed by atoms with E-state index in [0.717, 1.165) is 5.56 Å². The van der Waals surface area contributed by atoms with Gasteiger partial charge in [0.25, 0.3) is 5.91 Å². The van der Waals surface area contributed by atoms with Crippen LogP contribution in [0.3, 0.4) is 0 Å². The minimum atomic E-state index is -0.179. The SMILES string of the molecule is CN(Cc1cccc(Cl)c1Cl)C(=O)c1cn(CCN)cn1. The van der Waals surface area contributed by atoms with Gasteiger partial charge in [-0.25, -0.2) is 4.98 Å². The maximum atomic E-state index is 12.3. The van der Waals surface area contributed by atoms with Crippen LogP contribution in [0, 0.1) is 0 Å². The van der Waals surface area contributed by atoms with Gasteiger partial charge in [0, 0.05) is 32.9 Å². The number of halogens is 2. The normalized spacial score (nSPS) is 10.7. The van der Waals surface area contributed by atoms with Crippen molar-refractivity contribution in [1.29, 1.82) is 0 Å². The molecule has 0 unspecified atom stereocenters. The monoisotopic (exact) mass is 326 g/mol. The van der Waals surface area contributed by atoms with Gasteiger partial charge in [-0.2, -0.15) is 0 Å². The molecule has 21 heavy (non-hydrogen) atoms. The quantitative estimate of drug-likeness (QED) is 0.917. The summed E-state index contributed by atoms with van der Waals surface area (Å²) >= 11 is 12.1. The van der Waals surface area contributed by atoms with Gasteiger partial charge in [-0.1, -0.05) is 35.3 Å². The molecule has 2 N–H and O–H groups in total. The summed E-state index contributed by atoms with van der Waals surface area (Å²) in [4.78, 5) is 17.9. The summed E-state index contributed by atoms with van der Waals surface area (Å²) in [7, 11) is 1.70. The van der Waals surface area contributed by atoms with Crippen LogP contribution in [0.4, 0.5) is 0 Å². The number of nitrogens with zero attached hydrogens (tertiary/aromatic N) is 3. The Morgan fingerprint density at radius 1 is 1.43 bits per heavy atom. The van der Waals surface area contributed by atoms with E-state index in [1.54, 1.807) is 41.2 Å². The molecule has 0 atom stereocenters. The molecule has 0 radical (unpaired) electrons. The summed E-state index contributed by atoms with van der Waals surface area (Å²) in [6, 6.07) is 5.35. The molecule has 112 valence electrons. The lowest BCUT2D eigenvalue weighted by Crippen LogP contribution is -2.26. The fraction of sp³-hybridized carbons (Fsp3) is 0.286. The Balaban J connectivity index is 2.10. The Hall–Kier alpha value is -1.56. The van der Waals surface area contributed by atoms with Gasteiger partial charge in [0.2, 0.25) is 0 Å². The van der Waals surface area contributed by atoms with Gasteiger partial charge < -0.3 is 15.2 Å². The first-order chi connectivity index (χ1) is 10.0. The molecule has 5 nitrogen and oxygen atoms in total. The molecule has 2 aromatic rings. The van der Waals surface area contributed by atoms with Crippen LogP contribution in [0.5, 0.6) is 0 Å². The molecule has 1 heterocycles. The van der Waals surface area contributed by atoms with Crippen molar-refractivity contribution in [2.75, 3.05) is 13.6 Å². The van der Waals surface area contributed by atoms with Crippen LogP contribution in [0.1, 0.15) is 16.1 Å². The fourth-order valence-electron chi connectivity index (χ4n) is 1.94. The van der Waals surface area contributed by atoms with E-state index in [9.17, 15) is 4.79 Å². The van der Waals surface area contributed by atoms with Crippen LogP contribution >= 0.6 is 23.2 Å². The van der Waals surface area contributed by atoms with E-state index in [2.05, 4.69) is 4.98 Å². The highest BCUT2D eigenvalue weighted by atomic mass is 35.5. The third kappa shape index (κ3) is 3.75. The van der Waals surface area contributed by atoms with Crippen LogP contribution in [0.25, 0.3) is 0 Å². The summed E-state index contributed by atoms with van der Waals surface area (Å²) < 4.78 is 1.79. The molecular formula is C14H16Cl2N4O. The third-order valence-electron chi connectivity index (χ3n) is 3.03. The van der Waals surface area contributed by atoms with Crippen molar-refractivity contribution in [3.05, 3.63) is 52.0 Å². The summed E-state index contributed by atoms with van der Waals surface area (Å²) in [5, 5.41) is 0.940. The van der Waals surface area contributed by atoms with Gasteiger partial charge in [0.05, 0.1) is 16.4 Å². The van der Waals surface area contributed by atoms with Gasteiger partial charge in [-0.15, -0.1) is 0 Å². The summed E-state index contributed by atoms with van der Waals surface area (Å²) in [6.07, 6.45) is 3.28. The fourth-order valence-corrected chi connectivity index (χ4v) is 2.32. The van der Waals surface area contributed by atoms with Gasteiger partial charge in [-0.05, 0) is 11.6 Å². The van der Waals surface area contributed by atoms with Crippen molar-refractivity contribution in [1.82, 2.24) is 14.5 Å². The van der Waals surface area contributed by atoms with Gasteiger partial charge in [-0.3, -0.25) is 4.79 Å². The van der Waals surface area contributed by atoms with Gasteiger partial charge in [0.1, 0.15) is 5.69 Å². The molecule has 2 rings (SSSR count). The molecule has 1 amide bonds. The third-order valence-corrected chi connectivity index (χ3v) is 3.88. The van der Waals surface area contributed by atoms with Crippen molar-refractivity contribution in [2.45, 2.75) is 13.1 Å². The summed E-state index contributed by atoms with van der Waals surface area (Å²) in [5.41, 5.74) is 6.64. The molecule has 0 saturated carbocycles. The zero-order valence-electron chi connectivity index (χ0n) is 11.6.